The summed E-state index contributed by atoms with van der Waals surface area (Å²) in [4.78, 5) is 3.07. The number of hydrogen-bond acceptors (Lipinski definition) is 2. The molecule has 1 aromatic rings. The molecule has 1 saturated heterocycles. The first kappa shape index (κ1) is 12.5. The summed E-state index contributed by atoms with van der Waals surface area (Å²) in [6.45, 7) is 4.20. The van der Waals surface area contributed by atoms with Gasteiger partial charge >= 0.3 is 0 Å². The molecule has 0 amide bonds. The van der Waals surface area contributed by atoms with Crippen LogP contribution in [-0.2, 0) is 6.54 Å². The smallest absolute Gasteiger partial charge is 0.0902 e. The van der Waals surface area contributed by atoms with E-state index in [4.69, 9.17) is 18.0 Å². The Morgan fingerprint density at radius 1 is 1.47 bits per heavy atom. The van der Waals surface area contributed by atoms with E-state index in [0.717, 1.165) is 19.5 Å². The molecule has 0 aliphatic carbocycles. The molecule has 1 aliphatic heterocycles. The first-order chi connectivity index (χ1) is 8.16. The summed E-state index contributed by atoms with van der Waals surface area (Å²) in [7, 11) is 0. The number of likely N-dealkylation sites (tertiary alicyclic amines) is 1. The summed E-state index contributed by atoms with van der Waals surface area (Å²) in [5.74, 6) is 0. The molecule has 17 heavy (non-hydrogen) atoms. The Bertz CT molecular complexity index is 403. The fraction of sp³-hybridized carbons (Fsp3) is 0.500. The van der Waals surface area contributed by atoms with E-state index in [1.54, 1.807) is 0 Å². The van der Waals surface area contributed by atoms with Gasteiger partial charge in [-0.15, -0.1) is 0 Å². The molecule has 2 nitrogen and oxygen atoms in total. The van der Waals surface area contributed by atoms with Crippen LogP contribution in [0.25, 0.3) is 0 Å². The Morgan fingerprint density at radius 3 is 3.00 bits per heavy atom. The average molecular weight is 248 g/mol. The summed E-state index contributed by atoms with van der Waals surface area (Å²) >= 11 is 5.17. The number of aryl methyl sites for hydroxylation is 1. The number of hydrogen-bond donors (Lipinski definition) is 1. The molecule has 1 aromatic carbocycles. The molecule has 1 aliphatic rings. The van der Waals surface area contributed by atoms with Crippen LogP contribution < -0.4 is 5.73 Å². The van der Waals surface area contributed by atoms with Crippen molar-refractivity contribution in [2.45, 2.75) is 38.8 Å². The van der Waals surface area contributed by atoms with Crippen molar-refractivity contribution in [1.29, 1.82) is 0 Å². The van der Waals surface area contributed by atoms with Gasteiger partial charge in [0.25, 0.3) is 0 Å². The number of benzene rings is 1. The summed E-state index contributed by atoms with van der Waals surface area (Å²) in [5.41, 5.74) is 8.50. The Hall–Kier alpha value is -0.930. The van der Waals surface area contributed by atoms with Crippen LogP contribution in [0.1, 0.15) is 30.4 Å². The SMILES string of the molecule is Cc1cccc(CN2CCCCC2C(N)=S)c1. The molecule has 1 unspecified atom stereocenters. The standard InChI is InChI=1S/C14H20N2S/c1-11-5-4-6-12(9-11)10-16-8-3-2-7-13(16)14(15)17/h4-6,9,13H,2-3,7-8,10H2,1H3,(H2,15,17). The largest absolute Gasteiger partial charge is 0.392 e. The van der Waals surface area contributed by atoms with Crippen molar-refractivity contribution in [1.82, 2.24) is 4.90 Å². The minimum atomic E-state index is 0.291. The van der Waals surface area contributed by atoms with Gasteiger partial charge < -0.3 is 5.73 Å². The molecule has 1 heterocycles. The highest BCUT2D eigenvalue weighted by Gasteiger charge is 2.24. The lowest BCUT2D eigenvalue weighted by Crippen LogP contribution is -2.46. The lowest BCUT2D eigenvalue weighted by atomic mass is 10.0. The van der Waals surface area contributed by atoms with Crippen LogP contribution in [0.3, 0.4) is 0 Å². The minimum Gasteiger partial charge on any atom is -0.392 e. The fourth-order valence-corrected chi connectivity index (χ4v) is 2.81. The van der Waals surface area contributed by atoms with Gasteiger partial charge in [-0.1, -0.05) is 48.5 Å². The second-order valence-corrected chi connectivity index (χ2v) is 5.34. The molecule has 1 atom stereocenters. The zero-order valence-electron chi connectivity index (χ0n) is 10.4. The van der Waals surface area contributed by atoms with Gasteiger partial charge in [-0.3, -0.25) is 4.90 Å². The third kappa shape index (κ3) is 3.27. The van der Waals surface area contributed by atoms with Crippen LogP contribution >= 0.6 is 12.2 Å². The zero-order chi connectivity index (χ0) is 12.3. The molecular formula is C14H20N2S. The minimum absolute atomic E-state index is 0.291. The molecule has 3 heteroatoms. The summed E-state index contributed by atoms with van der Waals surface area (Å²) in [5, 5.41) is 0. The van der Waals surface area contributed by atoms with E-state index in [1.165, 1.54) is 24.0 Å². The van der Waals surface area contributed by atoms with E-state index in [1.807, 2.05) is 0 Å². The Labute approximate surface area is 109 Å². The highest BCUT2D eigenvalue weighted by Crippen LogP contribution is 2.20. The first-order valence-corrected chi connectivity index (χ1v) is 6.66. The molecule has 92 valence electrons. The first-order valence-electron chi connectivity index (χ1n) is 6.26. The van der Waals surface area contributed by atoms with Crippen molar-refractivity contribution in [3.8, 4) is 0 Å². The van der Waals surface area contributed by atoms with Crippen molar-refractivity contribution < 1.29 is 0 Å². The highest BCUT2D eigenvalue weighted by atomic mass is 32.1. The van der Waals surface area contributed by atoms with Crippen LogP contribution in [0.15, 0.2) is 24.3 Å². The molecule has 0 bridgehead atoms. The maximum atomic E-state index is 5.83. The van der Waals surface area contributed by atoms with Crippen molar-refractivity contribution in [2.24, 2.45) is 5.73 Å². The molecule has 0 saturated carbocycles. The molecule has 1 fully saturated rings. The molecular weight excluding hydrogens is 228 g/mol. The number of nitrogens with zero attached hydrogens (tertiary/aromatic N) is 1. The van der Waals surface area contributed by atoms with Crippen LogP contribution in [-0.4, -0.2) is 22.5 Å². The maximum Gasteiger partial charge on any atom is 0.0902 e. The number of nitrogens with two attached hydrogens (primary N) is 1. The van der Waals surface area contributed by atoms with Crippen LogP contribution in [0, 0.1) is 6.92 Å². The topological polar surface area (TPSA) is 29.3 Å². The van der Waals surface area contributed by atoms with Crippen molar-refractivity contribution >= 4 is 17.2 Å². The second kappa shape index (κ2) is 5.61. The molecule has 2 rings (SSSR count). The van der Waals surface area contributed by atoms with Gasteiger partial charge in [0, 0.05) is 6.54 Å². The quantitative estimate of drug-likeness (QED) is 0.834. The van der Waals surface area contributed by atoms with E-state index < -0.39 is 0 Å². The van der Waals surface area contributed by atoms with Gasteiger partial charge in [0.2, 0.25) is 0 Å². The molecule has 0 aromatic heterocycles. The number of thiocarbonyl (C=S) groups is 1. The summed E-state index contributed by atoms with van der Waals surface area (Å²) in [6.07, 6.45) is 3.61. The van der Waals surface area contributed by atoms with Gasteiger partial charge in [0.05, 0.1) is 11.0 Å². The van der Waals surface area contributed by atoms with Crippen molar-refractivity contribution in [2.75, 3.05) is 6.54 Å². The Kier molecular flexibility index (Phi) is 4.13. The third-order valence-corrected chi connectivity index (χ3v) is 3.68. The van der Waals surface area contributed by atoms with E-state index in [-0.39, 0.29) is 0 Å². The molecule has 2 N–H and O–H groups in total. The lowest BCUT2D eigenvalue weighted by Gasteiger charge is -2.35. The van der Waals surface area contributed by atoms with E-state index in [9.17, 15) is 0 Å². The van der Waals surface area contributed by atoms with Crippen LogP contribution in [0.5, 0.6) is 0 Å². The van der Waals surface area contributed by atoms with Crippen molar-refractivity contribution in [3.63, 3.8) is 0 Å². The Balaban J connectivity index is 2.08. The van der Waals surface area contributed by atoms with Gasteiger partial charge in [0.1, 0.15) is 0 Å². The summed E-state index contributed by atoms with van der Waals surface area (Å²) in [6, 6.07) is 8.96. The third-order valence-electron chi connectivity index (χ3n) is 3.41. The van der Waals surface area contributed by atoms with Crippen LogP contribution in [0.4, 0.5) is 0 Å². The highest BCUT2D eigenvalue weighted by molar-refractivity contribution is 7.80. The monoisotopic (exact) mass is 248 g/mol. The fourth-order valence-electron chi connectivity index (χ4n) is 2.55. The summed E-state index contributed by atoms with van der Waals surface area (Å²) < 4.78 is 0. The van der Waals surface area contributed by atoms with Gasteiger partial charge in [-0.2, -0.15) is 0 Å². The van der Waals surface area contributed by atoms with E-state index in [2.05, 4.69) is 36.1 Å². The molecule has 0 radical (unpaired) electrons. The van der Waals surface area contributed by atoms with Gasteiger partial charge in [-0.05, 0) is 31.9 Å². The maximum absolute atomic E-state index is 5.83. The van der Waals surface area contributed by atoms with Crippen LogP contribution in [0.2, 0.25) is 0 Å². The second-order valence-electron chi connectivity index (χ2n) is 4.87. The van der Waals surface area contributed by atoms with E-state index >= 15 is 0 Å². The lowest BCUT2D eigenvalue weighted by molar-refractivity contribution is 0.184. The number of rotatable bonds is 3. The number of piperidine rings is 1. The van der Waals surface area contributed by atoms with Gasteiger partial charge in [-0.25, -0.2) is 0 Å². The van der Waals surface area contributed by atoms with E-state index in [0.29, 0.717) is 11.0 Å². The Morgan fingerprint density at radius 2 is 2.29 bits per heavy atom. The van der Waals surface area contributed by atoms with Crippen molar-refractivity contribution in [3.05, 3.63) is 35.4 Å². The molecule has 0 spiro atoms. The van der Waals surface area contributed by atoms with Gasteiger partial charge in [0.15, 0.2) is 0 Å². The zero-order valence-corrected chi connectivity index (χ0v) is 11.2. The predicted molar refractivity (Wildman–Crippen MR) is 76.0 cm³/mol. The predicted octanol–water partition coefficient (Wildman–Crippen LogP) is 2.64. The normalized spacial score (nSPS) is 21.4. The average Bonchev–Trinajstić information content (AvgIpc) is 2.29.